The third kappa shape index (κ3) is 2.19. The van der Waals surface area contributed by atoms with E-state index in [0.29, 0.717) is 5.75 Å². The molecule has 0 saturated heterocycles. The standard InChI is InChI=1S/C11H15ClO3/c1-6-4-8(15-3)11(14)10(12)9(6)7(2)5-13/h4,7,13-14H,5H2,1-3H3. The van der Waals surface area contributed by atoms with Gasteiger partial charge in [0.25, 0.3) is 0 Å². The molecule has 2 N–H and O–H groups in total. The van der Waals surface area contributed by atoms with Gasteiger partial charge in [0, 0.05) is 12.5 Å². The lowest BCUT2D eigenvalue weighted by Crippen LogP contribution is -2.03. The lowest BCUT2D eigenvalue weighted by molar-refractivity contribution is 0.272. The molecule has 0 bridgehead atoms. The van der Waals surface area contributed by atoms with Crippen molar-refractivity contribution in [2.24, 2.45) is 0 Å². The van der Waals surface area contributed by atoms with Crippen LogP contribution in [0.5, 0.6) is 11.5 Å². The largest absolute Gasteiger partial charge is 0.503 e. The smallest absolute Gasteiger partial charge is 0.177 e. The first-order valence-electron chi connectivity index (χ1n) is 4.69. The third-order valence-electron chi connectivity index (χ3n) is 2.44. The highest BCUT2D eigenvalue weighted by Gasteiger charge is 2.18. The number of phenols is 1. The summed E-state index contributed by atoms with van der Waals surface area (Å²) in [6.07, 6.45) is 0. The highest BCUT2D eigenvalue weighted by Crippen LogP contribution is 2.41. The molecule has 1 unspecified atom stereocenters. The first-order chi connectivity index (χ1) is 7.02. The van der Waals surface area contributed by atoms with Crippen LogP contribution in [0.15, 0.2) is 6.07 Å². The molecule has 0 saturated carbocycles. The molecule has 0 spiro atoms. The summed E-state index contributed by atoms with van der Waals surface area (Å²) in [7, 11) is 1.47. The first-order valence-corrected chi connectivity index (χ1v) is 5.07. The maximum Gasteiger partial charge on any atom is 0.177 e. The Balaban J connectivity index is 3.35. The summed E-state index contributed by atoms with van der Waals surface area (Å²) in [5.74, 6) is 0.181. The average Bonchev–Trinajstić information content (AvgIpc) is 2.23. The predicted molar refractivity (Wildman–Crippen MR) is 59.9 cm³/mol. The molecule has 1 aromatic carbocycles. The van der Waals surface area contributed by atoms with Crippen molar-refractivity contribution in [3.63, 3.8) is 0 Å². The van der Waals surface area contributed by atoms with E-state index in [1.165, 1.54) is 7.11 Å². The van der Waals surface area contributed by atoms with Crippen LogP contribution in [-0.2, 0) is 0 Å². The van der Waals surface area contributed by atoms with E-state index in [1.807, 2.05) is 13.8 Å². The van der Waals surface area contributed by atoms with Gasteiger partial charge in [-0.05, 0) is 24.1 Å². The molecule has 0 aliphatic heterocycles. The molecule has 0 aliphatic rings. The number of hydrogen-bond donors (Lipinski definition) is 2. The van der Waals surface area contributed by atoms with Crippen LogP contribution in [0.1, 0.15) is 24.0 Å². The van der Waals surface area contributed by atoms with Gasteiger partial charge in [0.05, 0.1) is 12.1 Å². The molecule has 1 atom stereocenters. The molecule has 0 heterocycles. The number of benzene rings is 1. The fraction of sp³-hybridized carbons (Fsp3) is 0.455. The second kappa shape index (κ2) is 4.73. The van der Waals surface area contributed by atoms with Crippen LogP contribution in [0.25, 0.3) is 0 Å². The maximum atomic E-state index is 9.71. The normalized spacial score (nSPS) is 12.6. The number of hydrogen-bond acceptors (Lipinski definition) is 3. The Kier molecular flexibility index (Phi) is 3.83. The summed E-state index contributed by atoms with van der Waals surface area (Å²) >= 11 is 6.01. The quantitative estimate of drug-likeness (QED) is 0.839. The summed E-state index contributed by atoms with van der Waals surface area (Å²) < 4.78 is 4.98. The number of halogens is 1. The van der Waals surface area contributed by atoms with Gasteiger partial charge in [-0.3, -0.25) is 0 Å². The van der Waals surface area contributed by atoms with E-state index in [4.69, 9.17) is 21.4 Å². The van der Waals surface area contributed by atoms with Crippen LogP contribution < -0.4 is 4.74 Å². The second-order valence-electron chi connectivity index (χ2n) is 3.56. The van der Waals surface area contributed by atoms with Gasteiger partial charge in [-0.2, -0.15) is 0 Å². The topological polar surface area (TPSA) is 49.7 Å². The van der Waals surface area contributed by atoms with E-state index in [2.05, 4.69) is 0 Å². The number of aromatic hydroxyl groups is 1. The average molecular weight is 231 g/mol. The molecule has 0 radical (unpaired) electrons. The molecule has 0 amide bonds. The van der Waals surface area contributed by atoms with Gasteiger partial charge >= 0.3 is 0 Å². The minimum atomic E-state index is -0.102. The number of rotatable bonds is 3. The van der Waals surface area contributed by atoms with E-state index in [-0.39, 0.29) is 23.3 Å². The van der Waals surface area contributed by atoms with Crippen molar-refractivity contribution in [2.45, 2.75) is 19.8 Å². The number of ether oxygens (including phenoxy) is 1. The van der Waals surface area contributed by atoms with Crippen molar-refractivity contribution >= 4 is 11.6 Å². The van der Waals surface area contributed by atoms with Crippen LogP contribution in [0, 0.1) is 6.92 Å². The van der Waals surface area contributed by atoms with E-state index >= 15 is 0 Å². The molecule has 15 heavy (non-hydrogen) atoms. The summed E-state index contributed by atoms with van der Waals surface area (Å²) in [5, 5.41) is 19.0. The van der Waals surface area contributed by atoms with Gasteiger partial charge in [-0.1, -0.05) is 18.5 Å². The first kappa shape index (κ1) is 12.1. The van der Waals surface area contributed by atoms with E-state index in [1.54, 1.807) is 6.07 Å². The van der Waals surface area contributed by atoms with Crippen molar-refractivity contribution in [3.8, 4) is 11.5 Å². The van der Waals surface area contributed by atoms with Crippen LogP contribution in [-0.4, -0.2) is 23.9 Å². The molecular weight excluding hydrogens is 216 g/mol. The SMILES string of the molecule is COc1cc(C)c(C(C)CO)c(Cl)c1O. The van der Waals surface area contributed by atoms with Crippen molar-refractivity contribution in [3.05, 3.63) is 22.2 Å². The number of phenolic OH excluding ortho intramolecular Hbond substituents is 1. The van der Waals surface area contributed by atoms with Crippen LogP contribution in [0.2, 0.25) is 5.02 Å². The Morgan fingerprint density at radius 2 is 2.13 bits per heavy atom. The number of aliphatic hydroxyl groups excluding tert-OH is 1. The predicted octanol–water partition coefficient (Wildman–Crippen LogP) is 2.46. The van der Waals surface area contributed by atoms with Gasteiger partial charge in [0.2, 0.25) is 0 Å². The van der Waals surface area contributed by atoms with Gasteiger partial charge in [-0.25, -0.2) is 0 Å². The minimum absolute atomic E-state index is 0.00761. The molecule has 1 rings (SSSR count). The van der Waals surface area contributed by atoms with E-state index in [9.17, 15) is 5.11 Å². The van der Waals surface area contributed by atoms with Crippen LogP contribution >= 0.6 is 11.6 Å². The second-order valence-corrected chi connectivity index (χ2v) is 3.93. The number of aliphatic hydroxyl groups is 1. The zero-order valence-electron chi connectivity index (χ0n) is 9.04. The fourth-order valence-corrected chi connectivity index (χ4v) is 2.03. The fourth-order valence-electron chi connectivity index (χ4n) is 1.60. The van der Waals surface area contributed by atoms with Gasteiger partial charge in [0.1, 0.15) is 0 Å². The van der Waals surface area contributed by atoms with Crippen molar-refractivity contribution in [2.75, 3.05) is 13.7 Å². The number of methoxy groups -OCH3 is 1. The number of aryl methyl sites for hydroxylation is 1. The lowest BCUT2D eigenvalue weighted by atomic mass is 9.96. The Morgan fingerprint density at radius 3 is 2.60 bits per heavy atom. The zero-order valence-corrected chi connectivity index (χ0v) is 9.80. The van der Waals surface area contributed by atoms with Crippen LogP contribution in [0.4, 0.5) is 0 Å². The highest BCUT2D eigenvalue weighted by molar-refractivity contribution is 6.33. The summed E-state index contributed by atoms with van der Waals surface area (Å²) in [5.41, 5.74) is 1.66. The molecule has 0 fully saturated rings. The van der Waals surface area contributed by atoms with Crippen molar-refractivity contribution in [1.29, 1.82) is 0 Å². The lowest BCUT2D eigenvalue weighted by Gasteiger charge is -2.17. The van der Waals surface area contributed by atoms with Crippen LogP contribution in [0.3, 0.4) is 0 Å². The zero-order chi connectivity index (χ0) is 11.6. The third-order valence-corrected chi connectivity index (χ3v) is 2.82. The molecule has 1 aromatic rings. The minimum Gasteiger partial charge on any atom is -0.503 e. The molecule has 0 aliphatic carbocycles. The molecular formula is C11H15ClO3. The summed E-state index contributed by atoms with van der Waals surface area (Å²) in [4.78, 5) is 0. The molecule has 4 heteroatoms. The molecule has 0 aromatic heterocycles. The van der Waals surface area contributed by atoms with Gasteiger partial charge in [0.15, 0.2) is 11.5 Å². The van der Waals surface area contributed by atoms with Crippen molar-refractivity contribution in [1.82, 2.24) is 0 Å². The molecule has 84 valence electrons. The van der Waals surface area contributed by atoms with Gasteiger partial charge in [-0.15, -0.1) is 0 Å². The summed E-state index contributed by atoms with van der Waals surface area (Å²) in [6.45, 7) is 3.71. The van der Waals surface area contributed by atoms with E-state index in [0.717, 1.165) is 11.1 Å². The molecule has 3 nitrogen and oxygen atoms in total. The summed E-state index contributed by atoms with van der Waals surface area (Å²) in [6, 6.07) is 1.71. The van der Waals surface area contributed by atoms with Crippen molar-refractivity contribution < 1.29 is 14.9 Å². The Bertz CT molecular complexity index is 363. The highest BCUT2D eigenvalue weighted by atomic mass is 35.5. The van der Waals surface area contributed by atoms with Gasteiger partial charge < -0.3 is 14.9 Å². The van der Waals surface area contributed by atoms with E-state index < -0.39 is 0 Å². The Hall–Kier alpha value is -0.930. The monoisotopic (exact) mass is 230 g/mol. The Morgan fingerprint density at radius 1 is 1.53 bits per heavy atom. The Labute approximate surface area is 94.3 Å². The maximum absolute atomic E-state index is 9.71.